The lowest BCUT2D eigenvalue weighted by Gasteiger charge is -2.06. The van der Waals surface area contributed by atoms with Gasteiger partial charge in [0.15, 0.2) is 0 Å². The zero-order valence-corrected chi connectivity index (χ0v) is 10.2. The molecule has 94 valence electrons. The van der Waals surface area contributed by atoms with Gasteiger partial charge in [0, 0.05) is 18.0 Å². The number of nitrogens with one attached hydrogen (secondary N) is 2. The Kier molecular flexibility index (Phi) is 2.52. The molecule has 5 heteroatoms. The fourth-order valence-electron chi connectivity index (χ4n) is 2.10. The summed E-state index contributed by atoms with van der Waals surface area (Å²) in [4.78, 5) is 31.9. The molecule has 0 atom stereocenters. The van der Waals surface area contributed by atoms with Crippen molar-refractivity contribution in [2.24, 2.45) is 0 Å². The Morgan fingerprint density at radius 1 is 1.11 bits per heavy atom. The third-order valence-electron chi connectivity index (χ3n) is 3.09. The van der Waals surface area contributed by atoms with Crippen molar-refractivity contribution in [1.82, 2.24) is 15.0 Å². The lowest BCUT2D eigenvalue weighted by molar-refractivity contribution is 1.08. The molecule has 0 aliphatic carbocycles. The smallest absolute Gasteiger partial charge is 0.307 e. The van der Waals surface area contributed by atoms with E-state index < -0.39 is 5.69 Å². The van der Waals surface area contributed by atoms with Crippen LogP contribution in [0.15, 0.2) is 46.2 Å². The monoisotopic (exact) mass is 253 g/mol. The fourth-order valence-corrected chi connectivity index (χ4v) is 2.10. The van der Waals surface area contributed by atoms with Crippen molar-refractivity contribution in [3.05, 3.63) is 63.1 Å². The molecule has 2 aromatic heterocycles. The van der Waals surface area contributed by atoms with E-state index >= 15 is 0 Å². The molecule has 0 aliphatic rings. The zero-order valence-electron chi connectivity index (χ0n) is 10.2. The number of H-pyrrole nitrogens is 2. The van der Waals surface area contributed by atoms with Crippen molar-refractivity contribution >= 4 is 10.9 Å². The summed E-state index contributed by atoms with van der Waals surface area (Å²) in [5, 5.41) is 0.459. The number of rotatable bonds is 1. The second kappa shape index (κ2) is 4.20. The third kappa shape index (κ3) is 1.95. The van der Waals surface area contributed by atoms with Crippen molar-refractivity contribution in [3.8, 4) is 11.1 Å². The Bertz CT molecular complexity index is 877. The highest BCUT2D eigenvalue weighted by molar-refractivity contribution is 5.83. The van der Waals surface area contributed by atoms with Gasteiger partial charge in [-0.15, -0.1) is 0 Å². The van der Waals surface area contributed by atoms with Gasteiger partial charge in [-0.2, -0.15) is 0 Å². The predicted molar refractivity (Wildman–Crippen MR) is 73.2 cm³/mol. The van der Waals surface area contributed by atoms with Gasteiger partial charge in [0.2, 0.25) is 0 Å². The van der Waals surface area contributed by atoms with Gasteiger partial charge in [-0.1, -0.05) is 6.07 Å². The summed E-state index contributed by atoms with van der Waals surface area (Å²) in [5.74, 6) is 0. The summed E-state index contributed by atoms with van der Waals surface area (Å²) >= 11 is 0. The van der Waals surface area contributed by atoms with Crippen LogP contribution in [-0.2, 0) is 0 Å². The molecule has 0 spiro atoms. The third-order valence-corrected chi connectivity index (χ3v) is 3.09. The van der Waals surface area contributed by atoms with Gasteiger partial charge in [-0.3, -0.25) is 14.8 Å². The normalized spacial score (nSPS) is 10.8. The molecule has 0 radical (unpaired) electrons. The standard InChI is InChI=1S/C14H11N3O2/c1-8-4-5-15-7-11(8)9-2-3-12-10(6-9)13(18)17-14(19)16-12/h2-7H,1H3,(H2,16,17,18,19). The highest BCUT2D eigenvalue weighted by Crippen LogP contribution is 2.23. The molecular weight excluding hydrogens is 242 g/mol. The Morgan fingerprint density at radius 2 is 1.95 bits per heavy atom. The van der Waals surface area contributed by atoms with Crippen molar-refractivity contribution in [3.63, 3.8) is 0 Å². The predicted octanol–water partition coefficient (Wildman–Crippen LogP) is 1.59. The van der Waals surface area contributed by atoms with Gasteiger partial charge in [0.05, 0.1) is 10.9 Å². The Balaban J connectivity index is 2.31. The van der Waals surface area contributed by atoms with E-state index in [9.17, 15) is 9.59 Å². The second-order valence-corrected chi connectivity index (χ2v) is 4.36. The average Bonchev–Trinajstić information content (AvgIpc) is 2.39. The number of benzene rings is 1. The van der Waals surface area contributed by atoms with E-state index in [4.69, 9.17) is 0 Å². The molecule has 0 saturated carbocycles. The fraction of sp³-hybridized carbons (Fsp3) is 0.0714. The summed E-state index contributed by atoms with van der Waals surface area (Å²) in [6.07, 6.45) is 3.49. The van der Waals surface area contributed by atoms with Crippen LogP contribution in [0.1, 0.15) is 5.56 Å². The van der Waals surface area contributed by atoms with Gasteiger partial charge >= 0.3 is 5.69 Å². The highest BCUT2D eigenvalue weighted by atomic mass is 16.2. The maximum absolute atomic E-state index is 11.8. The molecule has 19 heavy (non-hydrogen) atoms. The first-order valence-electron chi connectivity index (χ1n) is 5.82. The van der Waals surface area contributed by atoms with Crippen LogP contribution in [0.4, 0.5) is 0 Å². The summed E-state index contributed by atoms with van der Waals surface area (Å²) in [6.45, 7) is 1.98. The van der Waals surface area contributed by atoms with Crippen LogP contribution in [0.3, 0.4) is 0 Å². The van der Waals surface area contributed by atoms with Gasteiger partial charge in [-0.25, -0.2) is 4.79 Å². The number of fused-ring (bicyclic) bond motifs is 1. The molecule has 2 N–H and O–H groups in total. The van der Waals surface area contributed by atoms with Crippen LogP contribution in [0.2, 0.25) is 0 Å². The number of pyridine rings is 1. The zero-order chi connectivity index (χ0) is 13.4. The van der Waals surface area contributed by atoms with E-state index in [-0.39, 0.29) is 5.56 Å². The first kappa shape index (κ1) is 11.4. The number of nitrogens with zero attached hydrogens (tertiary/aromatic N) is 1. The minimum Gasteiger partial charge on any atom is -0.307 e. The Morgan fingerprint density at radius 3 is 2.74 bits per heavy atom. The van der Waals surface area contributed by atoms with Crippen molar-refractivity contribution in [2.75, 3.05) is 0 Å². The SMILES string of the molecule is Cc1ccncc1-c1ccc2[nH]c(=O)[nH]c(=O)c2c1. The molecular formula is C14H11N3O2. The van der Waals surface area contributed by atoms with Crippen LogP contribution in [0.25, 0.3) is 22.0 Å². The number of hydrogen-bond donors (Lipinski definition) is 2. The van der Waals surface area contributed by atoms with Gasteiger partial charge in [0.25, 0.3) is 5.56 Å². The van der Waals surface area contributed by atoms with E-state index in [1.807, 2.05) is 19.1 Å². The summed E-state index contributed by atoms with van der Waals surface area (Å²) < 4.78 is 0. The van der Waals surface area contributed by atoms with Crippen LogP contribution in [0.5, 0.6) is 0 Å². The molecule has 0 aliphatic heterocycles. The highest BCUT2D eigenvalue weighted by Gasteiger charge is 2.05. The van der Waals surface area contributed by atoms with E-state index in [0.717, 1.165) is 16.7 Å². The number of aromatic amines is 2. The molecule has 0 amide bonds. The molecule has 2 heterocycles. The largest absolute Gasteiger partial charge is 0.326 e. The quantitative estimate of drug-likeness (QED) is 0.691. The molecule has 0 unspecified atom stereocenters. The Labute approximate surface area is 108 Å². The topological polar surface area (TPSA) is 78.6 Å². The number of hydrogen-bond acceptors (Lipinski definition) is 3. The van der Waals surface area contributed by atoms with Crippen LogP contribution < -0.4 is 11.2 Å². The minimum absolute atomic E-state index is 0.387. The maximum atomic E-state index is 11.8. The first-order valence-corrected chi connectivity index (χ1v) is 5.82. The lowest BCUT2D eigenvalue weighted by Crippen LogP contribution is -2.21. The van der Waals surface area contributed by atoms with Gasteiger partial charge in [0.1, 0.15) is 0 Å². The van der Waals surface area contributed by atoms with Crippen LogP contribution >= 0.6 is 0 Å². The average molecular weight is 253 g/mol. The Hall–Kier alpha value is -2.69. The van der Waals surface area contributed by atoms with Crippen LogP contribution in [-0.4, -0.2) is 15.0 Å². The molecule has 3 rings (SSSR count). The van der Waals surface area contributed by atoms with E-state index in [2.05, 4.69) is 15.0 Å². The summed E-state index contributed by atoms with van der Waals surface area (Å²) in [6, 6.07) is 7.26. The lowest BCUT2D eigenvalue weighted by atomic mass is 10.0. The number of aryl methyl sites for hydroxylation is 1. The van der Waals surface area contributed by atoms with Gasteiger partial charge < -0.3 is 4.98 Å². The van der Waals surface area contributed by atoms with E-state index in [1.54, 1.807) is 24.5 Å². The summed E-state index contributed by atoms with van der Waals surface area (Å²) in [5.41, 5.74) is 2.59. The van der Waals surface area contributed by atoms with Crippen molar-refractivity contribution in [2.45, 2.75) is 6.92 Å². The molecule has 3 aromatic rings. The molecule has 1 aromatic carbocycles. The van der Waals surface area contributed by atoms with Crippen LogP contribution in [0, 0.1) is 6.92 Å². The van der Waals surface area contributed by atoms with Crippen molar-refractivity contribution < 1.29 is 0 Å². The van der Waals surface area contributed by atoms with E-state index in [1.165, 1.54) is 0 Å². The molecule has 0 fully saturated rings. The van der Waals surface area contributed by atoms with Crippen molar-refractivity contribution in [1.29, 1.82) is 0 Å². The number of aromatic nitrogens is 3. The summed E-state index contributed by atoms with van der Waals surface area (Å²) in [7, 11) is 0. The minimum atomic E-state index is -0.497. The molecule has 5 nitrogen and oxygen atoms in total. The molecule has 0 bridgehead atoms. The first-order chi connectivity index (χ1) is 9.15. The van der Waals surface area contributed by atoms with Gasteiger partial charge in [-0.05, 0) is 36.2 Å². The maximum Gasteiger partial charge on any atom is 0.326 e. The van der Waals surface area contributed by atoms with E-state index in [0.29, 0.717) is 10.9 Å². The molecule has 0 saturated heterocycles. The second-order valence-electron chi connectivity index (χ2n) is 4.36.